The number of aromatic nitrogens is 2. The molecular weight excluding hydrogens is 280 g/mol. The highest BCUT2D eigenvalue weighted by Crippen LogP contribution is 2.24. The maximum Gasteiger partial charge on any atom is 0.266 e. The Balaban J connectivity index is 1.67. The van der Waals surface area contributed by atoms with Gasteiger partial charge in [0.2, 0.25) is 5.91 Å². The summed E-state index contributed by atoms with van der Waals surface area (Å²) in [6, 6.07) is 1.56. The molecule has 0 aromatic carbocycles. The molecule has 6 heteroatoms. The first kappa shape index (κ1) is 15.1. The van der Waals surface area contributed by atoms with Crippen LogP contribution in [0.4, 0.5) is 5.69 Å². The summed E-state index contributed by atoms with van der Waals surface area (Å²) in [5, 5.41) is 6.25. The maximum atomic E-state index is 12.8. The Morgan fingerprint density at radius 3 is 2.64 bits per heavy atom. The fourth-order valence-electron chi connectivity index (χ4n) is 3.50. The average molecular weight is 304 g/mol. The van der Waals surface area contributed by atoms with Gasteiger partial charge in [0.05, 0.1) is 17.8 Å². The molecule has 3 heterocycles. The molecule has 3 rings (SSSR count). The highest BCUT2D eigenvalue weighted by atomic mass is 16.2. The second-order valence-corrected chi connectivity index (χ2v) is 6.33. The van der Waals surface area contributed by atoms with Crippen LogP contribution in [0.25, 0.3) is 0 Å². The lowest BCUT2D eigenvalue weighted by Gasteiger charge is -2.35. The lowest BCUT2D eigenvalue weighted by atomic mass is 9.96. The number of carbonyl (C=O) groups excluding carboxylic acids is 1. The molecule has 1 aromatic heterocycles. The second kappa shape index (κ2) is 6.94. The number of nitrogens with zero attached hydrogens (tertiary/aromatic N) is 3. The third-order valence-corrected chi connectivity index (χ3v) is 4.70. The quantitative estimate of drug-likeness (QED) is 0.896. The number of hydrogen-bond acceptors (Lipinski definition) is 4. The molecule has 1 amide bonds. The van der Waals surface area contributed by atoms with Crippen LogP contribution in [0.5, 0.6) is 0 Å². The number of carbonyl (C=O) groups is 1. The minimum Gasteiger partial charge on any atom is -0.369 e. The largest absolute Gasteiger partial charge is 0.369 e. The standard InChI is InChI=1S/C16H24N4O2/c21-15-10-14(11-17-18-15)20-9-5-6-13(12-20)16(22)19-7-3-1-2-4-8-19/h10-11,13H,1-9,12H2,(H,18,21)/t13-/m0/s1. The third-order valence-electron chi connectivity index (χ3n) is 4.70. The number of hydrogen-bond donors (Lipinski definition) is 1. The Morgan fingerprint density at radius 2 is 1.91 bits per heavy atom. The third kappa shape index (κ3) is 3.48. The van der Waals surface area contributed by atoms with Crippen molar-refractivity contribution in [2.45, 2.75) is 38.5 Å². The van der Waals surface area contributed by atoms with Crippen molar-refractivity contribution in [2.24, 2.45) is 5.92 Å². The Hall–Kier alpha value is -1.85. The van der Waals surface area contributed by atoms with Crippen LogP contribution in [0.15, 0.2) is 17.1 Å². The van der Waals surface area contributed by atoms with E-state index in [-0.39, 0.29) is 11.5 Å². The molecule has 22 heavy (non-hydrogen) atoms. The van der Waals surface area contributed by atoms with E-state index < -0.39 is 0 Å². The van der Waals surface area contributed by atoms with Crippen molar-refractivity contribution in [2.75, 3.05) is 31.1 Å². The van der Waals surface area contributed by atoms with Crippen LogP contribution >= 0.6 is 0 Å². The molecule has 2 fully saturated rings. The molecule has 1 N–H and O–H groups in total. The van der Waals surface area contributed by atoms with Crippen molar-refractivity contribution in [1.29, 1.82) is 0 Å². The summed E-state index contributed by atoms with van der Waals surface area (Å²) in [4.78, 5) is 28.3. The van der Waals surface area contributed by atoms with Gasteiger partial charge in [-0.3, -0.25) is 9.59 Å². The molecule has 0 aliphatic carbocycles. The van der Waals surface area contributed by atoms with Crippen molar-refractivity contribution in [3.05, 3.63) is 22.6 Å². The molecule has 0 spiro atoms. The smallest absolute Gasteiger partial charge is 0.266 e. The second-order valence-electron chi connectivity index (χ2n) is 6.33. The summed E-state index contributed by atoms with van der Waals surface area (Å²) in [7, 11) is 0. The predicted molar refractivity (Wildman–Crippen MR) is 84.8 cm³/mol. The first-order chi connectivity index (χ1) is 10.7. The zero-order valence-corrected chi connectivity index (χ0v) is 13.0. The van der Waals surface area contributed by atoms with Crippen molar-refractivity contribution in [3.8, 4) is 0 Å². The molecule has 120 valence electrons. The Labute approximate surface area is 130 Å². The van der Waals surface area contributed by atoms with E-state index in [4.69, 9.17) is 0 Å². The molecule has 0 unspecified atom stereocenters. The lowest BCUT2D eigenvalue weighted by molar-refractivity contribution is -0.135. The molecule has 1 aromatic rings. The number of likely N-dealkylation sites (tertiary alicyclic amines) is 1. The van der Waals surface area contributed by atoms with E-state index in [1.165, 1.54) is 12.8 Å². The summed E-state index contributed by atoms with van der Waals surface area (Å²) >= 11 is 0. The minimum atomic E-state index is -0.196. The predicted octanol–water partition coefficient (Wildman–Crippen LogP) is 1.39. The van der Waals surface area contributed by atoms with Gasteiger partial charge in [0.25, 0.3) is 5.56 Å². The number of piperidine rings is 1. The van der Waals surface area contributed by atoms with Gasteiger partial charge in [0.1, 0.15) is 0 Å². The van der Waals surface area contributed by atoms with Gasteiger partial charge < -0.3 is 9.80 Å². The first-order valence-electron chi connectivity index (χ1n) is 8.32. The van der Waals surface area contributed by atoms with E-state index in [1.54, 1.807) is 12.3 Å². The number of amides is 1. The van der Waals surface area contributed by atoms with E-state index >= 15 is 0 Å². The lowest BCUT2D eigenvalue weighted by Crippen LogP contribution is -2.45. The van der Waals surface area contributed by atoms with Crippen LogP contribution in [-0.2, 0) is 4.79 Å². The summed E-state index contributed by atoms with van der Waals surface area (Å²) in [5.74, 6) is 0.343. The zero-order valence-electron chi connectivity index (χ0n) is 13.0. The molecule has 0 bridgehead atoms. The molecule has 2 saturated heterocycles. The van der Waals surface area contributed by atoms with Crippen molar-refractivity contribution in [3.63, 3.8) is 0 Å². The summed E-state index contributed by atoms with van der Waals surface area (Å²) in [6.45, 7) is 3.39. The number of H-pyrrole nitrogens is 1. The summed E-state index contributed by atoms with van der Waals surface area (Å²) in [5.41, 5.74) is 0.621. The fourth-order valence-corrected chi connectivity index (χ4v) is 3.50. The molecular formula is C16H24N4O2. The van der Waals surface area contributed by atoms with Crippen LogP contribution < -0.4 is 10.5 Å². The van der Waals surface area contributed by atoms with E-state index in [2.05, 4.69) is 20.0 Å². The summed E-state index contributed by atoms with van der Waals surface area (Å²) < 4.78 is 0. The van der Waals surface area contributed by atoms with Gasteiger partial charge in [-0.2, -0.15) is 5.10 Å². The Kier molecular flexibility index (Phi) is 4.75. The van der Waals surface area contributed by atoms with Crippen molar-refractivity contribution >= 4 is 11.6 Å². The van der Waals surface area contributed by atoms with Gasteiger partial charge >= 0.3 is 0 Å². The van der Waals surface area contributed by atoms with E-state index in [0.717, 1.165) is 51.0 Å². The molecule has 1 atom stereocenters. The maximum absolute atomic E-state index is 12.8. The molecule has 0 saturated carbocycles. The minimum absolute atomic E-state index is 0.0473. The van der Waals surface area contributed by atoms with Gasteiger partial charge in [0.15, 0.2) is 0 Å². The Bertz CT molecular complexity index is 563. The summed E-state index contributed by atoms with van der Waals surface area (Å²) in [6.07, 6.45) is 8.32. The van der Waals surface area contributed by atoms with Gasteiger partial charge in [-0.15, -0.1) is 0 Å². The van der Waals surface area contributed by atoms with Crippen LogP contribution in [0.3, 0.4) is 0 Å². The number of rotatable bonds is 2. The van der Waals surface area contributed by atoms with Gasteiger partial charge in [-0.1, -0.05) is 12.8 Å². The van der Waals surface area contributed by atoms with Crippen molar-refractivity contribution < 1.29 is 4.79 Å². The average Bonchev–Trinajstić information content (AvgIpc) is 2.83. The topological polar surface area (TPSA) is 69.3 Å². The molecule has 2 aliphatic heterocycles. The van der Waals surface area contributed by atoms with Crippen LogP contribution in [-0.4, -0.2) is 47.2 Å². The highest BCUT2D eigenvalue weighted by Gasteiger charge is 2.29. The van der Waals surface area contributed by atoms with Crippen LogP contribution in [0.2, 0.25) is 0 Å². The molecule has 6 nitrogen and oxygen atoms in total. The number of nitrogens with one attached hydrogen (secondary N) is 1. The van der Waals surface area contributed by atoms with Crippen molar-refractivity contribution in [1.82, 2.24) is 15.1 Å². The van der Waals surface area contributed by atoms with Crippen LogP contribution in [0.1, 0.15) is 38.5 Å². The monoisotopic (exact) mass is 304 g/mol. The Morgan fingerprint density at radius 1 is 1.14 bits per heavy atom. The number of aromatic amines is 1. The number of anilines is 1. The van der Waals surface area contributed by atoms with Gasteiger partial charge in [-0.05, 0) is 25.7 Å². The van der Waals surface area contributed by atoms with E-state index in [1.807, 2.05) is 0 Å². The fraction of sp³-hybridized carbons (Fsp3) is 0.688. The van der Waals surface area contributed by atoms with Gasteiger partial charge in [-0.25, -0.2) is 5.10 Å². The van der Waals surface area contributed by atoms with Crippen LogP contribution in [0, 0.1) is 5.92 Å². The molecule has 2 aliphatic rings. The first-order valence-corrected chi connectivity index (χ1v) is 8.32. The normalized spacial score (nSPS) is 23.2. The van der Waals surface area contributed by atoms with E-state index in [9.17, 15) is 9.59 Å². The van der Waals surface area contributed by atoms with Gasteiger partial charge in [0, 0.05) is 32.2 Å². The SMILES string of the molecule is O=C([C@H]1CCCN(c2cn[nH]c(=O)c2)C1)N1CCCCCC1. The zero-order chi connectivity index (χ0) is 15.4. The highest BCUT2D eigenvalue weighted by molar-refractivity contribution is 5.79. The molecule has 0 radical (unpaired) electrons. The van der Waals surface area contributed by atoms with E-state index in [0.29, 0.717) is 12.5 Å².